The van der Waals surface area contributed by atoms with Crippen LogP contribution in [0.25, 0.3) is 6.08 Å². The van der Waals surface area contributed by atoms with Gasteiger partial charge in [0.2, 0.25) is 0 Å². The summed E-state index contributed by atoms with van der Waals surface area (Å²) in [6.07, 6.45) is 6.30. The Kier molecular flexibility index (Phi) is 5.90. The molecule has 1 heterocycles. The lowest BCUT2D eigenvalue weighted by molar-refractivity contribution is -0.131. The molecular weight excluding hydrogens is 256 g/mol. The molecule has 0 aliphatic carbocycles. The highest BCUT2D eigenvalue weighted by Gasteiger charge is 2.11. The van der Waals surface area contributed by atoms with E-state index in [9.17, 15) is 9.59 Å². The van der Waals surface area contributed by atoms with Crippen molar-refractivity contribution in [1.29, 1.82) is 0 Å². The number of aromatic nitrogens is 1. The lowest BCUT2D eigenvalue weighted by atomic mass is 10.0. The smallest absolute Gasteiger partial charge is 0.328 e. The van der Waals surface area contributed by atoms with Crippen LogP contribution >= 0.6 is 0 Å². The number of aliphatic carboxylic acids is 1. The Bertz CT molecular complexity index is 510. The summed E-state index contributed by atoms with van der Waals surface area (Å²) < 4.78 is 0. The number of pyridine rings is 1. The lowest BCUT2D eigenvalue weighted by Gasteiger charge is -2.15. The normalized spacial score (nSPS) is 12.6. The lowest BCUT2D eigenvalue weighted by Crippen LogP contribution is -2.33. The zero-order valence-electron chi connectivity index (χ0n) is 12.0. The molecule has 0 aliphatic heterocycles. The van der Waals surface area contributed by atoms with Gasteiger partial charge in [0.15, 0.2) is 0 Å². The summed E-state index contributed by atoms with van der Waals surface area (Å²) >= 11 is 0. The molecule has 5 heteroatoms. The van der Waals surface area contributed by atoms with Crippen LogP contribution in [-0.2, 0) is 4.79 Å². The molecule has 0 saturated heterocycles. The first-order chi connectivity index (χ1) is 9.38. The van der Waals surface area contributed by atoms with E-state index in [1.807, 2.05) is 6.92 Å². The number of carboxylic acid groups (broad SMARTS) is 1. The minimum atomic E-state index is -1.04. The number of hydrogen-bond acceptors (Lipinski definition) is 3. The SMILES string of the molecule is CC(C)CC(C)NC(=O)c1cncc(C=CC(=O)O)c1. The first-order valence-electron chi connectivity index (χ1n) is 6.55. The van der Waals surface area contributed by atoms with Crippen molar-refractivity contribution in [3.05, 3.63) is 35.7 Å². The van der Waals surface area contributed by atoms with E-state index in [1.165, 1.54) is 18.5 Å². The summed E-state index contributed by atoms with van der Waals surface area (Å²) in [4.78, 5) is 26.4. The van der Waals surface area contributed by atoms with Crippen LogP contribution in [0.1, 0.15) is 43.1 Å². The van der Waals surface area contributed by atoms with E-state index in [0.717, 1.165) is 12.5 Å². The molecule has 0 aliphatic rings. The number of amides is 1. The molecule has 0 radical (unpaired) electrons. The van der Waals surface area contributed by atoms with Gasteiger partial charge in [-0.2, -0.15) is 0 Å². The number of nitrogens with zero attached hydrogens (tertiary/aromatic N) is 1. The van der Waals surface area contributed by atoms with Gasteiger partial charge in [-0.3, -0.25) is 9.78 Å². The Labute approximate surface area is 118 Å². The molecule has 0 bridgehead atoms. The van der Waals surface area contributed by atoms with Gasteiger partial charge >= 0.3 is 5.97 Å². The number of rotatable bonds is 6. The summed E-state index contributed by atoms with van der Waals surface area (Å²) in [6.45, 7) is 6.16. The first kappa shape index (κ1) is 15.9. The molecule has 5 nitrogen and oxygen atoms in total. The topological polar surface area (TPSA) is 79.3 Å². The Morgan fingerprint density at radius 3 is 2.65 bits per heavy atom. The van der Waals surface area contributed by atoms with Crippen LogP contribution in [0.5, 0.6) is 0 Å². The molecule has 1 amide bonds. The highest BCUT2D eigenvalue weighted by molar-refractivity contribution is 5.95. The van der Waals surface area contributed by atoms with E-state index >= 15 is 0 Å². The number of carbonyl (C=O) groups excluding carboxylic acids is 1. The van der Waals surface area contributed by atoms with Gasteiger partial charge in [-0.1, -0.05) is 13.8 Å². The van der Waals surface area contributed by atoms with E-state index in [2.05, 4.69) is 24.1 Å². The van der Waals surface area contributed by atoms with Crippen molar-refractivity contribution < 1.29 is 14.7 Å². The molecule has 1 unspecified atom stereocenters. The highest BCUT2D eigenvalue weighted by atomic mass is 16.4. The number of hydrogen-bond donors (Lipinski definition) is 2. The predicted molar refractivity (Wildman–Crippen MR) is 77.3 cm³/mol. The average molecular weight is 276 g/mol. The zero-order valence-corrected chi connectivity index (χ0v) is 12.0. The fourth-order valence-electron chi connectivity index (χ4n) is 1.91. The Morgan fingerprint density at radius 1 is 1.35 bits per heavy atom. The molecule has 0 fully saturated rings. The van der Waals surface area contributed by atoms with Gasteiger partial charge in [0, 0.05) is 24.5 Å². The molecular formula is C15H20N2O3. The monoisotopic (exact) mass is 276 g/mol. The van der Waals surface area contributed by atoms with Crippen molar-refractivity contribution in [2.75, 3.05) is 0 Å². The maximum atomic E-state index is 12.0. The van der Waals surface area contributed by atoms with Gasteiger partial charge in [0.1, 0.15) is 0 Å². The summed E-state index contributed by atoms with van der Waals surface area (Å²) in [5.74, 6) is -0.727. The van der Waals surface area contributed by atoms with Gasteiger partial charge in [-0.25, -0.2) is 4.79 Å². The van der Waals surface area contributed by atoms with Crippen molar-refractivity contribution in [2.45, 2.75) is 33.2 Å². The van der Waals surface area contributed by atoms with Gasteiger partial charge < -0.3 is 10.4 Å². The predicted octanol–water partition coefficient (Wildman–Crippen LogP) is 2.34. The Hall–Kier alpha value is -2.17. The molecule has 2 N–H and O–H groups in total. The van der Waals surface area contributed by atoms with E-state index in [4.69, 9.17) is 5.11 Å². The highest BCUT2D eigenvalue weighted by Crippen LogP contribution is 2.08. The molecule has 1 rings (SSSR count). The molecule has 0 saturated carbocycles. The molecule has 20 heavy (non-hydrogen) atoms. The Morgan fingerprint density at radius 2 is 2.05 bits per heavy atom. The molecule has 1 aromatic heterocycles. The molecule has 1 atom stereocenters. The van der Waals surface area contributed by atoms with Gasteiger partial charge in [-0.15, -0.1) is 0 Å². The van der Waals surface area contributed by atoms with E-state index in [0.29, 0.717) is 17.0 Å². The Balaban J connectivity index is 2.73. The fourth-order valence-corrected chi connectivity index (χ4v) is 1.91. The third-order valence-electron chi connectivity index (χ3n) is 2.64. The van der Waals surface area contributed by atoms with Crippen molar-refractivity contribution in [1.82, 2.24) is 10.3 Å². The molecule has 1 aromatic rings. The summed E-state index contributed by atoms with van der Waals surface area (Å²) in [7, 11) is 0. The largest absolute Gasteiger partial charge is 0.478 e. The van der Waals surface area contributed by atoms with Crippen LogP contribution in [-0.4, -0.2) is 28.0 Å². The molecule has 0 aromatic carbocycles. The van der Waals surface area contributed by atoms with E-state index < -0.39 is 5.97 Å². The van der Waals surface area contributed by atoms with Crippen molar-refractivity contribution >= 4 is 18.0 Å². The fraction of sp³-hybridized carbons (Fsp3) is 0.400. The van der Waals surface area contributed by atoms with Gasteiger partial charge in [0.05, 0.1) is 5.56 Å². The van der Waals surface area contributed by atoms with Crippen LogP contribution in [0.3, 0.4) is 0 Å². The molecule has 108 valence electrons. The maximum Gasteiger partial charge on any atom is 0.328 e. The van der Waals surface area contributed by atoms with Crippen molar-refractivity contribution in [3.63, 3.8) is 0 Å². The van der Waals surface area contributed by atoms with Crippen molar-refractivity contribution in [3.8, 4) is 0 Å². The summed E-state index contributed by atoms with van der Waals surface area (Å²) in [5, 5.41) is 11.5. The van der Waals surface area contributed by atoms with Crippen LogP contribution in [0.4, 0.5) is 0 Å². The third-order valence-corrected chi connectivity index (χ3v) is 2.64. The van der Waals surface area contributed by atoms with E-state index in [-0.39, 0.29) is 11.9 Å². The van der Waals surface area contributed by atoms with Gasteiger partial charge in [-0.05, 0) is 37.0 Å². The minimum Gasteiger partial charge on any atom is -0.478 e. The maximum absolute atomic E-state index is 12.0. The minimum absolute atomic E-state index is 0.0840. The second-order valence-electron chi connectivity index (χ2n) is 5.18. The standard InChI is InChI=1S/C15H20N2O3/c1-10(2)6-11(3)17-15(20)13-7-12(8-16-9-13)4-5-14(18)19/h4-5,7-11H,6H2,1-3H3,(H,17,20)(H,18,19). The zero-order chi connectivity index (χ0) is 15.1. The van der Waals surface area contributed by atoms with Crippen LogP contribution in [0.2, 0.25) is 0 Å². The number of carbonyl (C=O) groups is 2. The van der Waals surface area contributed by atoms with E-state index in [1.54, 1.807) is 6.07 Å². The molecule has 0 spiro atoms. The first-order valence-corrected chi connectivity index (χ1v) is 6.55. The number of carboxylic acids is 1. The van der Waals surface area contributed by atoms with Crippen molar-refractivity contribution in [2.24, 2.45) is 5.92 Å². The summed E-state index contributed by atoms with van der Waals surface area (Å²) in [6, 6.07) is 1.70. The second kappa shape index (κ2) is 7.43. The van der Waals surface area contributed by atoms with Gasteiger partial charge in [0.25, 0.3) is 5.91 Å². The second-order valence-corrected chi connectivity index (χ2v) is 5.18. The van der Waals surface area contributed by atoms with Crippen LogP contribution in [0, 0.1) is 5.92 Å². The van der Waals surface area contributed by atoms with Crippen LogP contribution in [0.15, 0.2) is 24.5 Å². The summed E-state index contributed by atoms with van der Waals surface area (Å²) in [5.41, 5.74) is 1.00. The van der Waals surface area contributed by atoms with Crippen LogP contribution < -0.4 is 5.32 Å². The average Bonchev–Trinajstić information content (AvgIpc) is 2.35. The third kappa shape index (κ3) is 5.65. The number of nitrogens with one attached hydrogen (secondary N) is 1. The quantitative estimate of drug-likeness (QED) is 0.782.